The number of unbranched alkanes of at least 4 members (excludes halogenated alkanes) is 7. The largest absolute Gasteiger partial charge is 0.205 e. The van der Waals surface area contributed by atoms with Gasteiger partial charge in [0.25, 0.3) is 0 Å². The van der Waals surface area contributed by atoms with Gasteiger partial charge in [-0.3, -0.25) is 0 Å². The zero-order valence-electron chi connectivity index (χ0n) is 14.2. The Morgan fingerprint density at radius 3 is 2.29 bits per heavy atom. The number of pyridine rings is 1. The first-order valence-electron chi connectivity index (χ1n) is 8.86. The van der Waals surface area contributed by atoms with Crippen molar-refractivity contribution in [2.75, 3.05) is 11.5 Å². The van der Waals surface area contributed by atoms with Crippen molar-refractivity contribution in [3.8, 4) is 0 Å². The van der Waals surface area contributed by atoms with Crippen LogP contribution in [-0.2, 0) is 6.54 Å². The quantitative estimate of drug-likeness (QED) is 0.341. The van der Waals surface area contributed by atoms with Gasteiger partial charge in [-0.2, -0.15) is 11.8 Å². The van der Waals surface area contributed by atoms with Gasteiger partial charge in [-0.25, -0.2) is 4.57 Å². The molecule has 120 valence electrons. The molecule has 0 spiro atoms. The van der Waals surface area contributed by atoms with Crippen molar-refractivity contribution in [1.82, 2.24) is 0 Å². The Hall–Kier alpha value is -0.500. The molecule has 0 amide bonds. The first kappa shape index (κ1) is 18.5. The maximum absolute atomic E-state index is 2.31. The molecule has 1 rings (SSSR count). The molecular weight excluding hydrogens is 274 g/mol. The summed E-state index contributed by atoms with van der Waals surface area (Å²) in [6.45, 7) is 5.61. The van der Waals surface area contributed by atoms with Gasteiger partial charge in [-0.1, -0.05) is 51.9 Å². The second kappa shape index (κ2) is 13.2. The van der Waals surface area contributed by atoms with E-state index in [2.05, 4.69) is 54.7 Å². The minimum absolute atomic E-state index is 1.16. The van der Waals surface area contributed by atoms with Crippen molar-refractivity contribution >= 4 is 11.8 Å². The SMILES string of the molecule is CCCCCCCCCCSCCC[n+]1cccc(C)c1. The second-order valence-corrected chi connectivity index (χ2v) is 7.28. The van der Waals surface area contributed by atoms with Crippen LogP contribution >= 0.6 is 11.8 Å². The summed E-state index contributed by atoms with van der Waals surface area (Å²) in [6.07, 6.45) is 17.1. The van der Waals surface area contributed by atoms with Gasteiger partial charge in [0.1, 0.15) is 6.54 Å². The Labute approximate surface area is 136 Å². The minimum Gasteiger partial charge on any atom is -0.205 e. The zero-order valence-corrected chi connectivity index (χ0v) is 15.0. The van der Waals surface area contributed by atoms with Crippen molar-refractivity contribution in [1.29, 1.82) is 0 Å². The summed E-state index contributed by atoms with van der Waals surface area (Å²) in [5, 5.41) is 0. The molecule has 1 aromatic heterocycles. The van der Waals surface area contributed by atoms with Gasteiger partial charge < -0.3 is 0 Å². The summed E-state index contributed by atoms with van der Waals surface area (Å²) in [5.74, 6) is 2.66. The van der Waals surface area contributed by atoms with Crippen LogP contribution in [0.25, 0.3) is 0 Å². The van der Waals surface area contributed by atoms with E-state index >= 15 is 0 Å². The van der Waals surface area contributed by atoms with Gasteiger partial charge in [0, 0.05) is 18.1 Å². The first-order chi connectivity index (χ1) is 10.3. The number of rotatable bonds is 13. The van der Waals surface area contributed by atoms with Crippen molar-refractivity contribution < 1.29 is 4.57 Å². The fraction of sp³-hybridized carbons (Fsp3) is 0.737. The van der Waals surface area contributed by atoms with E-state index in [0.29, 0.717) is 0 Å². The highest BCUT2D eigenvalue weighted by Gasteiger charge is 2.00. The highest BCUT2D eigenvalue weighted by Crippen LogP contribution is 2.11. The number of hydrogen-bond donors (Lipinski definition) is 0. The lowest BCUT2D eigenvalue weighted by Crippen LogP contribution is -2.33. The molecule has 21 heavy (non-hydrogen) atoms. The molecule has 0 aliphatic heterocycles. The fourth-order valence-corrected chi connectivity index (χ4v) is 3.53. The van der Waals surface area contributed by atoms with Crippen LogP contribution in [0.15, 0.2) is 24.5 Å². The molecule has 0 fully saturated rings. The molecular formula is C19H34NS+. The van der Waals surface area contributed by atoms with E-state index in [1.165, 1.54) is 74.9 Å². The normalized spacial score (nSPS) is 11.0. The van der Waals surface area contributed by atoms with Gasteiger partial charge in [-0.05, 0) is 30.9 Å². The van der Waals surface area contributed by atoms with Gasteiger partial charge in [-0.15, -0.1) is 0 Å². The third kappa shape index (κ3) is 10.8. The number of aromatic nitrogens is 1. The second-order valence-electron chi connectivity index (χ2n) is 6.06. The van der Waals surface area contributed by atoms with Crippen LogP contribution in [0.1, 0.15) is 70.3 Å². The predicted molar refractivity (Wildman–Crippen MR) is 95.9 cm³/mol. The lowest BCUT2D eigenvalue weighted by atomic mass is 10.1. The van der Waals surface area contributed by atoms with E-state index in [1.807, 2.05) is 0 Å². The molecule has 0 N–H and O–H groups in total. The maximum Gasteiger partial charge on any atom is 0.171 e. The minimum atomic E-state index is 1.16. The molecule has 1 heterocycles. The average Bonchev–Trinajstić information content (AvgIpc) is 2.48. The molecule has 0 radical (unpaired) electrons. The highest BCUT2D eigenvalue weighted by molar-refractivity contribution is 7.99. The summed E-state index contributed by atoms with van der Waals surface area (Å²) in [7, 11) is 0. The lowest BCUT2D eigenvalue weighted by molar-refractivity contribution is -0.697. The summed E-state index contributed by atoms with van der Waals surface area (Å²) in [4.78, 5) is 0. The molecule has 0 aromatic carbocycles. The van der Waals surface area contributed by atoms with Gasteiger partial charge in [0.15, 0.2) is 12.4 Å². The van der Waals surface area contributed by atoms with Crippen LogP contribution in [0.2, 0.25) is 0 Å². The number of hydrogen-bond acceptors (Lipinski definition) is 1. The van der Waals surface area contributed by atoms with Gasteiger partial charge in [0.2, 0.25) is 0 Å². The summed E-state index contributed by atoms with van der Waals surface area (Å²) < 4.78 is 2.31. The van der Waals surface area contributed by atoms with E-state index in [1.54, 1.807) is 0 Å². The van der Waals surface area contributed by atoms with E-state index in [-0.39, 0.29) is 0 Å². The molecule has 0 atom stereocenters. The van der Waals surface area contributed by atoms with E-state index < -0.39 is 0 Å². The Morgan fingerprint density at radius 1 is 0.905 bits per heavy atom. The van der Waals surface area contributed by atoms with Crippen molar-refractivity contribution in [3.63, 3.8) is 0 Å². The van der Waals surface area contributed by atoms with Crippen LogP contribution in [0.4, 0.5) is 0 Å². The van der Waals surface area contributed by atoms with Crippen LogP contribution in [0, 0.1) is 6.92 Å². The van der Waals surface area contributed by atoms with Crippen LogP contribution in [0.5, 0.6) is 0 Å². The third-order valence-electron chi connectivity index (χ3n) is 3.85. The Morgan fingerprint density at radius 2 is 1.57 bits per heavy atom. The number of aryl methyl sites for hydroxylation is 2. The molecule has 0 saturated carbocycles. The number of thioether (sulfide) groups is 1. The standard InChI is InChI=1S/C19H34NS/c1-3-4-5-6-7-8-9-10-16-21-17-12-15-20-14-11-13-19(2)18-20/h11,13-14,18H,3-10,12,15-17H2,1-2H3/q+1. The zero-order chi connectivity index (χ0) is 15.2. The third-order valence-corrected chi connectivity index (χ3v) is 5.01. The Bertz CT molecular complexity index is 351. The predicted octanol–water partition coefficient (Wildman–Crippen LogP) is 5.55. The Kier molecular flexibility index (Phi) is 11.6. The monoisotopic (exact) mass is 308 g/mol. The van der Waals surface area contributed by atoms with E-state index in [4.69, 9.17) is 0 Å². The summed E-state index contributed by atoms with van der Waals surface area (Å²) in [6, 6.07) is 4.30. The summed E-state index contributed by atoms with van der Waals surface area (Å²) in [5.41, 5.74) is 1.35. The van der Waals surface area contributed by atoms with E-state index in [9.17, 15) is 0 Å². The molecule has 1 aromatic rings. The van der Waals surface area contributed by atoms with Crippen molar-refractivity contribution in [2.45, 2.75) is 78.2 Å². The molecule has 1 nitrogen and oxygen atoms in total. The molecule has 0 aliphatic rings. The molecule has 0 saturated heterocycles. The van der Waals surface area contributed by atoms with Crippen molar-refractivity contribution in [2.24, 2.45) is 0 Å². The van der Waals surface area contributed by atoms with Crippen LogP contribution in [0.3, 0.4) is 0 Å². The fourth-order valence-electron chi connectivity index (χ4n) is 2.58. The number of nitrogens with zero attached hydrogens (tertiary/aromatic N) is 1. The van der Waals surface area contributed by atoms with Gasteiger partial charge >= 0.3 is 0 Å². The smallest absolute Gasteiger partial charge is 0.171 e. The Balaban J connectivity index is 1.82. The molecule has 2 heteroatoms. The van der Waals surface area contributed by atoms with Crippen molar-refractivity contribution in [3.05, 3.63) is 30.1 Å². The van der Waals surface area contributed by atoms with E-state index in [0.717, 1.165) is 6.54 Å². The maximum atomic E-state index is 2.31. The summed E-state index contributed by atoms with van der Waals surface area (Å²) >= 11 is 2.14. The van der Waals surface area contributed by atoms with Crippen LogP contribution in [-0.4, -0.2) is 11.5 Å². The molecule has 0 aliphatic carbocycles. The lowest BCUT2D eigenvalue weighted by Gasteiger charge is -2.02. The molecule has 0 bridgehead atoms. The van der Waals surface area contributed by atoms with Gasteiger partial charge in [0.05, 0.1) is 0 Å². The average molecular weight is 309 g/mol. The first-order valence-corrected chi connectivity index (χ1v) is 10.0. The topological polar surface area (TPSA) is 3.88 Å². The highest BCUT2D eigenvalue weighted by atomic mass is 32.2. The van der Waals surface area contributed by atoms with Crippen LogP contribution < -0.4 is 4.57 Å². The molecule has 0 unspecified atom stereocenters.